The summed E-state index contributed by atoms with van der Waals surface area (Å²) in [5.41, 5.74) is 0.995. The first-order valence-electron chi connectivity index (χ1n) is 9.39. The zero-order valence-electron chi connectivity index (χ0n) is 17.0. The number of aliphatic hydroxyl groups excluding tert-OH is 1. The molecular weight excluding hydrogens is 390 g/mol. The SMILES string of the molecule is COc1ccc(CN2C(=O)C(O)=C(C(=O)CC(C)C)C2c2cccs2)cc1OC. The van der Waals surface area contributed by atoms with Gasteiger partial charge in [-0.3, -0.25) is 9.59 Å². The van der Waals surface area contributed by atoms with Crippen molar-refractivity contribution >= 4 is 23.0 Å². The van der Waals surface area contributed by atoms with Crippen molar-refractivity contribution < 1.29 is 24.2 Å². The van der Waals surface area contributed by atoms with Gasteiger partial charge in [-0.15, -0.1) is 11.3 Å². The summed E-state index contributed by atoms with van der Waals surface area (Å²) in [6.45, 7) is 4.10. The summed E-state index contributed by atoms with van der Waals surface area (Å²) in [6, 6.07) is 8.56. The summed E-state index contributed by atoms with van der Waals surface area (Å²) >= 11 is 1.46. The van der Waals surface area contributed by atoms with E-state index in [1.165, 1.54) is 16.2 Å². The fourth-order valence-electron chi connectivity index (χ4n) is 3.50. The van der Waals surface area contributed by atoms with Crippen LogP contribution in [0.15, 0.2) is 47.0 Å². The normalized spacial score (nSPS) is 16.7. The standard InChI is InChI=1S/C22H25NO5S/c1-13(2)10-15(24)19-20(18-6-5-9-29-18)23(22(26)21(19)25)12-14-7-8-16(27-3)17(11-14)28-4/h5-9,11,13,20,25H,10,12H2,1-4H3. The largest absolute Gasteiger partial charge is 0.503 e. The molecule has 0 bridgehead atoms. The van der Waals surface area contributed by atoms with Crippen molar-refractivity contribution in [2.24, 2.45) is 5.92 Å². The number of Topliss-reactive ketones (excluding diaryl/α,β-unsaturated/α-hetero) is 1. The van der Waals surface area contributed by atoms with E-state index in [0.29, 0.717) is 11.5 Å². The first-order valence-corrected chi connectivity index (χ1v) is 10.3. The number of nitrogens with zero attached hydrogens (tertiary/aromatic N) is 1. The molecule has 0 saturated heterocycles. The van der Waals surface area contributed by atoms with E-state index in [1.54, 1.807) is 26.4 Å². The summed E-state index contributed by atoms with van der Waals surface area (Å²) in [7, 11) is 3.11. The summed E-state index contributed by atoms with van der Waals surface area (Å²) in [4.78, 5) is 28.2. The van der Waals surface area contributed by atoms with E-state index >= 15 is 0 Å². The average molecular weight is 416 g/mol. The molecule has 1 unspecified atom stereocenters. The monoisotopic (exact) mass is 415 g/mol. The molecule has 154 valence electrons. The van der Waals surface area contributed by atoms with Gasteiger partial charge in [0, 0.05) is 17.8 Å². The van der Waals surface area contributed by atoms with Gasteiger partial charge in [0.1, 0.15) is 0 Å². The molecule has 1 amide bonds. The van der Waals surface area contributed by atoms with Gasteiger partial charge in [0.2, 0.25) is 0 Å². The van der Waals surface area contributed by atoms with Gasteiger partial charge < -0.3 is 19.5 Å². The average Bonchev–Trinajstić information content (AvgIpc) is 3.30. The van der Waals surface area contributed by atoms with E-state index in [-0.39, 0.29) is 30.2 Å². The third-order valence-electron chi connectivity index (χ3n) is 4.81. The number of benzene rings is 1. The molecule has 6 nitrogen and oxygen atoms in total. The van der Waals surface area contributed by atoms with Crippen molar-refractivity contribution in [2.45, 2.75) is 32.9 Å². The maximum absolute atomic E-state index is 12.9. The van der Waals surface area contributed by atoms with Crippen LogP contribution in [0.5, 0.6) is 11.5 Å². The lowest BCUT2D eigenvalue weighted by Gasteiger charge is -2.26. The zero-order chi connectivity index (χ0) is 21.1. The number of aliphatic hydroxyl groups is 1. The Labute approximate surface area is 174 Å². The second-order valence-corrected chi connectivity index (χ2v) is 8.30. The first-order chi connectivity index (χ1) is 13.9. The van der Waals surface area contributed by atoms with E-state index < -0.39 is 17.7 Å². The molecule has 2 aromatic rings. The molecule has 7 heteroatoms. The molecule has 3 rings (SSSR count). The Kier molecular flexibility index (Phi) is 6.27. The summed E-state index contributed by atoms with van der Waals surface area (Å²) < 4.78 is 10.6. The molecule has 0 fully saturated rings. The second-order valence-electron chi connectivity index (χ2n) is 7.32. The van der Waals surface area contributed by atoms with Crippen LogP contribution in [0.3, 0.4) is 0 Å². The molecule has 1 aliphatic heterocycles. The van der Waals surface area contributed by atoms with Crippen LogP contribution in [0, 0.1) is 5.92 Å². The van der Waals surface area contributed by atoms with Crippen molar-refractivity contribution in [1.29, 1.82) is 0 Å². The van der Waals surface area contributed by atoms with Crippen LogP contribution in [0.1, 0.15) is 36.8 Å². The lowest BCUT2D eigenvalue weighted by atomic mass is 9.95. The quantitative estimate of drug-likeness (QED) is 0.697. The molecular formula is C22H25NO5S. The Bertz CT molecular complexity index is 933. The molecule has 29 heavy (non-hydrogen) atoms. The fraction of sp³-hybridized carbons (Fsp3) is 0.364. The number of ketones is 1. The van der Waals surface area contributed by atoms with Gasteiger partial charge in [0.15, 0.2) is 23.0 Å². The van der Waals surface area contributed by atoms with Gasteiger partial charge in [-0.25, -0.2) is 0 Å². The predicted octanol–water partition coefficient (Wildman–Crippen LogP) is 4.28. The van der Waals surface area contributed by atoms with Crippen LogP contribution >= 0.6 is 11.3 Å². The minimum Gasteiger partial charge on any atom is -0.503 e. The number of ether oxygens (including phenoxy) is 2. The van der Waals surface area contributed by atoms with E-state index in [2.05, 4.69) is 0 Å². The number of methoxy groups -OCH3 is 2. The molecule has 0 aliphatic carbocycles. The molecule has 0 spiro atoms. The minimum atomic E-state index is -0.596. The van der Waals surface area contributed by atoms with Crippen LogP contribution in [0.4, 0.5) is 0 Å². The van der Waals surface area contributed by atoms with E-state index in [0.717, 1.165) is 10.4 Å². The van der Waals surface area contributed by atoms with Gasteiger partial charge >= 0.3 is 0 Å². The summed E-state index contributed by atoms with van der Waals surface area (Å²) in [5, 5.41) is 12.5. The molecule has 1 aromatic heterocycles. The van der Waals surface area contributed by atoms with Crippen LogP contribution in [0.25, 0.3) is 0 Å². The van der Waals surface area contributed by atoms with E-state index in [1.807, 2.05) is 37.4 Å². The van der Waals surface area contributed by atoms with Crippen LogP contribution < -0.4 is 9.47 Å². The topological polar surface area (TPSA) is 76.1 Å². The molecule has 1 aromatic carbocycles. The third-order valence-corrected chi connectivity index (χ3v) is 5.74. The predicted molar refractivity (Wildman–Crippen MR) is 111 cm³/mol. The Hall–Kier alpha value is -2.80. The molecule has 0 saturated carbocycles. The lowest BCUT2D eigenvalue weighted by Crippen LogP contribution is -2.30. The highest BCUT2D eigenvalue weighted by atomic mass is 32.1. The summed E-state index contributed by atoms with van der Waals surface area (Å²) in [5.74, 6) is 0.0888. The maximum Gasteiger partial charge on any atom is 0.290 e. The number of hydrogen-bond acceptors (Lipinski definition) is 6. The smallest absolute Gasteiger partial charge is 0.290 e. The number of amides is 1. The zero-order valence-corrected chi connectivity index (χ0v) is 17.8. The van der Waals surface area contributed by atoms with E-state index in [9.17, 15) is 14.7 Å². The lowest BCUT2D eigenvalue weighted by molar-refractivity contribution is -0.130. The Morgan fingerprint density at radius 2 is 1.93 bits per heavy atom. The minimum absolute atomic E-state index is 0.127. The van der Waals surface area contributed by atoms with Crippen molar-refractivity contribution in [3.8, 4) is 11.5 Å². The van der Waals surface area contributed by atoms with Crippen molar-refractivity contribution in [3.05, 3.63) is 57.5 Å². The number of carbonyl (C=O) groups is 2. The number of hydrogen-bond donors (Lipinski definition) is 1. The van der Waals surface area contributed by atoms with Crippen molar-refractivity contribution in [1.82, 2.24) is 4.90 Å². The number of carbonyl (C=O) groups excluding carboxylic acids is 2. The maximum atomic E-state index is 12.9. The van der Waals surface area contributed by atoms with Gasteiger partial charge in [-0.1, -0.05) is 26.0 Å². The molecule has 1 N–H and O–H groups in total. The number of thiophene rings is 1. The van der Waals surface area contributed by atoms with Crippen LogP contribution in [-0.2, 0) is 16.1 Å². The van der Waals surface area contributed by atoms with Gasteiger partial charge in [0.05, 0.1) is 25.8 Å². The second kappa shape index (κ2) is 8.69. The number of rotatable bonds is 8. The molecule has 1 aliphatic rings. The Morgan fingerprint density at radius 3 is 2.52 bits per heavy atom. The highest BCUT2D eigenvalue weighted by Crippen LogP contribution is 2.41. The molecule has 1 atom stereocenters. The Morgan fingerprint density at radius 1 is 1.21 bits per heavy atom. The Balaban J connectivity index is 1.98. The molecule has 0 radical (unpaired) electrons. The van der Waals surface area contributed by atoms with Crippen LogP contribution in [0.2, 0.25) is 0 Å². The summed E-state index contributed by atoms with van der Waals surface area (Å²) in [6.07, 6.45) is 0.277. The first kappa shape index (κ1) is 20.9. The van der Waals surface area contributed by atoms with Crippen molar-refractivity contribution in [3.63, 3.8) is 0 Å². The van der Waals surface area contributed by atoms with Gasteiger partial charge in [-0.2, -0.15) is 0 Å². The molecule has 2 heterocycles. The van der Waals surface area contributed by atoms with E-state index in [4.69, 9.17) is 9.47 Å². The highest BCUT2D eigenvalue weighted by molar-refractivity contribution is 7.10. The van der Waals surface area contributed by atoms with Crippen LogP contribution in [-0.4, -0.2) is 35.9 Å². The third kappa shape index (κ3) is 4.15. The van der Waals surface area contributed by atoms with Gasteiger partial charge in [-0.05, 0) is 35.1 Å². The fourth-order valence-corrected chi connectivity index (χ4v) is 4.35. The van der Waals surface area contributed by atoms with Crippen molar-refractivity contribution in [2.75, 3.05) is 14.2 Å². The van der Waals surface area contributed by atoms with Gasteiger partial charge in [0.25, 0.3) is 5.91 Å². The highest BCUT2D eigenvalue weighted by Gasteiger charge is 2.43.